The number of rotatable bonds is 5. The van der Waals surface area contributed by atoms with E-state index in [4.69, 9.17) is 10.2 Å². The second kappa shape index (κ2) is 6.45. The van der Waals surface area contributed by atoms with Crippen LogP contribution in [0.3, 0.4) is 0 Å². The molecule has 0 saturated heterocycles. The van der Waals surface area contributed by atoms with Crippen LogP contribution in [-0.2, 0) is 9.53 Å². The van der Waals surface area contributed by atoms with Crippen LogP contribution in [-0.4, -0.2) is 34.8 Å². The molecule has 2 N–H and O–H groups in total. The van der Waals surface area contributed by atoms with Crippen molar-refractivity contribution in [2.45, 2.75) is 19.1 Å². The Hall–Kier alpha value is -0.260. The van der Waals surface area contributed by atoms with Crippen molar-refractivity contribution in [1.29, 1.82) is 0 Å². The lowest BCUT2D eigenvalue weighted by molar-refractivity contribution is -0.165. The van der Waals surface area contributed by atoms with Gasteiger partial charge in [-0.3, -0.25) is 4.79 Å². The summed E-state index contributed by atoms with van der Waals surface area (Å²) in [5.41, 5.74) is 0. The Morgan fingerprint density at radius 3 is 2.73 bits per heavy atom. The number of ether oxygens (including phenoxy) is 1. The number of aliphatic hydroxyl groups excluding tert-OH is 2. The molecule has 11 heavy (non-hydrogen) atoms. The van der Waals surface area contributed by atoms with E-state index in [1.165, 1.54) is 0 Å². The maximum atomic E-state index is 10.5. The van der Waals surface area contributed by atoms with Gasteiger partial charge in [-0.2, -0.15) is 12.6 Å². The molecule has 0 bridgehead atoms. The summed E-state index contributed by atoms with van der Waals surface area (Å²) in [4.78, 5) is 10.5. The molecular formula is C6H12O4S. The highest BCUT2D eigenvalue weighted by atomic mass is 32.1. The predicted molar refractivity (Wildman–Crippen MR) is 42.3 cm³/mol. The Bertz CT molecular complexity index is 117. The second-order valence-electron chi connectivity index (χ2n) is 1.97. The molecule has 5 heteroatoms. The molecule has 0 radical (unpaired) electrons. The third-order valence-electron chi connectivity index (χ3n) is 1.01. The first kappa shape index (κ1) is 10.7. The average Bonchev–Trinajstić information content (AvgIpc) is 2.00. The van der Waals surface area contributed by atoms with E-state index in [2.05, 4.69) is 17.4 Å². The molecular weight excluding hydrogens is 168 g/mol. The average molecular weight is 180 g/mol. The van der Waals surface area contributed by atoms with Gasteiger partial charge >= 0.3 is 5.97 Å². The lowest BCUT2D eigenvalue weighted by Crippen LogP contribution is -2.18. The van der Waals surface area contributed by atoms with Crippen molar-refractivity contribution in [3.63, 3.8) is 0 Å². The number of hydrogen-bond donors (Lipinski definition) is 3. The largest absolute Gasteiger partial charge is 0.435 e. The maximum Gasteiger partial charge on any atom is 0.317 e. The van der Waals surface area contributed by atoms with Gasteiger partial charge in [0.15, 0.2) is 0 Å². The zero-order chi connectivity index (χ0) is 8.69. The van der Waals surface area contributed by atoms with Crippen LogP contribution >= 0.6 is 12.6 Å². The van der Waals surface area contributed by atoms with Gasteiger partial charge in [-0.15, -0.1) is 0 Å². The van der Waals surface area contributed by atoms with Crippen LogP contribution in [0, 0.1) is 0 Å². The molecule has 4 nitrogen and oxygen atoms in total. The maximum absolute atomic E-state index is 10.5. The lowest BCUT2D eigenvalue weighted by Gasteiger charge is -2.09. The minimum Gasteiger partial charge on any atom is -0.435 e. The fraction of sp³-hybridized carbons (Fsp3) is 0.833. The Morgan fingerprint density at radius 2 is 2.27 bits per heavy atom. The number of thiol groups is 1. The minimum absolute atomic E-state index is 0.0184. The number of hydrogen-bond acceptors (Lipinski definition) is 5. The molecule has 0 aromatic carbocycles. The van der Waals surface area contributed by atoms with E-state index in [1.807, 2.05) is 0 Å². The molecule has 0 aliphatic heterocycles. The van der Waals surface area contributed by atoms with Gasteiger partial charge in [0.1, 0.15) is 0 Å². The quantitative estimate of drug-likeness (QED) is 0.304. The highest BCUT2D eigenvalue weighted by Crippen LogP contribution is 1.98. The van der Waals surface area contributed by atoms with E-state index in [9.17, 15) is 4.79 Å². The fourth-order valence-corrected chi connectivity index (χ4v) is 0.588. The summed E-state index contributed by atoms with van der Waals surface area (Å²) in [7, 11) is 0. The van der Waals surface area contributed by atoms with Crippen LogP contribution in [0.2, 0.25) is 0 Å². The van der Waals surface area contributed by atoms with Crippen molar-refractivity contribution in [3.8, 4) is 0 Å². The highest BCUT2D eigenvalue weighted by Gasteiger charge is 2.07. The summed E-state index contributed by atoms with van der Waals surface area (Å²) in [5.74, 6) is -0.602. The van der Waals surface area contributed by atoms with Crippen molar-refractivity contribution in [2.24, 2.45) is 0 Å². The van der Waals surface area contributed by atoms with E-state index in [1.54, 1.807) is 0 Å². The van der Waals surface area contributed by atoms with Crippen LogP contribution in [0.25, 0.3) is 0 Å². The fourth-order valence-electron chi connectivity index (χ4n) is 0.514. The Morgan fingerprint density at radius 1 is 1.64 bits per heavy atom. The van der Waals surface area contributed by atoms with Crippen molar-refractivity contribution < 1.29 is 19.7 Å². The smallest absolute Gasteiger partial charge is 0.317 e. The molecule has 0 aliphatic carbocycles. The minimum atomic E-state index is -1.11. The van der Waals surface area contributed by atoms with Gasteiger partial charge in [-0.1, -0.05) is 0 Å². The summed E-state index contributed by atoms with van der Waals surface area (Å²) in [6.45, 7) is -0.0184. The number of esters is 1. The molecule has 0 saturated carbocycles. The lowest BCUT2D eigenvalue weighted by atomic mass is 10.3. The first-order chi connectivity index (χ1) is 5.20. The molecule has 0 aliphatic rings. The van der Waals surface area contributed by atoms with Crippen LogP contribution < -0.4 is 0 Å². The van der Waals surface area contributed by atoms with Gasteiger partial charge in [0, 0.05) is 13.0 Å². The van der Waals surface area contributed by atoms with Gasteiger partial charge < -0.3 is 14.9 Å². The summed E-state index contributed by atoms with van der Waals surface area (Å²) in [6, 6.07) is 0. The van der Waals surface area contributed by atoms with E-state index in [-0.39, 0.29) is 18.8 Å². The van der Waals surface area contributed by atoms with E-state index in [0.29, 0.717) is 6.42 Å². The first-order valence-electron chi connectivity index (χ1n) is 3.30. The summed E-state index contributed by atoms with van der Waals surface area (Å²) < 4.78 is 4.43. The molecule has 1 atom stereocenters. The zero-order valence-electron chi connectivity index (χ0n) is 6.06. The Kier molecular flexibility index (Phi) is 6.30. The van der Waals surface area contributed by atoms with Gasteiger partial charge in [-0.05, 0) is 6.42 Å². The summed E-state index contributed by atoms with van der Waals surface area (Å²) in [5, 5.41) is 17.2. The monoisotopic (exact) mass is 180 g/mol. The molecule has 0 fully saturated rings. The van der Waals surface area contributed by atoms with Crippen LogP contribution in [0.15, 0.2) is 0 Å². The van der Waals surface area contributed by atoms with E-state index in [0.717, 1.165) is 0 Å². The third-order valence-corrected chi connectivity index (χ3v) is 1.26. The molecule has 66 valence electrons. The molecule has 0 aromatic rings. The number of carbonyl (C=O) groups excluding carboxylic acids is 1. The predicted octanol–water partition coefficient (Wildman–Crippen LogP) is -0.450. The zero-order valence-corrected chi connectivity index (χ0v) is 6.96. The van der Waals surface area contributed by atoms with Crippen LogP contribution in [0.4, 0.5) is 0 Å². The molecule has 0 spiro atoms. The molecule has 0 heterocycles. The topological polar surface area (TPSA) is 66.8 Å². The second-order valence-corrected chi connectivity index (χ2v) is 2.28. The van der Waals surface area contributed by atoms with Gasteiger partial charge in [0.25, 0.3) is 0 Å². The number of aliphatic hydroxyl groups is 2. The molecule has 1 unspecified atom stereocenters. The SMILES string of the molecule is O=C(CS)OC(O)CCCO. The van der Waals surface area contributed by atoms with Crippen LogP contribution in [0.5, 0.6) is 0 Å². The van der Waals surface area contributed by atoms with Crippen molar-refractivity contribution in [3.05, 3.63) is 0 Å². The number of carbonyl (C=O) groups is 1. The first-order valence-corrected chi connectivity index (χ1v) is 3.93. The molecule has 0 rings (SSSR count). The third kappa shape index (κ3) is 6.15. The normalized spacial score (nSPS) is 12.6. The van der Waals surface area contributed by atoms with Crippen LogP contribution in [0.1, 0.15) is 12.8 Å². The van der Waals surface area contributed by atoms with Crippen molar-refractivity contribution >= 4 is 18.6 Å². The highest BCUT2D eigenvalue weighted by molar-refractivity contribution is 7.81. The Labute approximate surface area is 70.6 Å². The van der Waals surface area contributed by atoms with Gasteiger partial charge in [-0.25, -0.2) is 0 Å². The Balaban J connectivity index is 3.35. The van der Waals surface area contributed by atoms with E-state index >= 15 is 0 Å². The molecule has 0 aromatic heterocycles. The summed E-state index contributed by atoms with van der Waals surface area (Å²) >= 11 is 3.65. The van der Waals surface area contributed by atoms with Crippen molar-refractivity contribution in [2.75, 3.05) is 12.4 Å². The standard InChI is InChI=1S/C6H12O4S/c7-3-1-2-5(8)10-6(9)4-11/h5,7-8,11H,1-4H2. The van der Waals surface area contributed by atoms with Gasteiger partial charge in [0.2, 0.25) is 6.29 Å². The summed E-state index contributed by atoms with van der Waals surface area (Å²) in [6.07, 6.45) is -0.432. The van der Waals surface area contributed by atoms with Crippen molar-refractivity contribution in [1.82, 2.24) is 0 Å². The van der Waals surface area contributed by atoms with Gasteiger partial charge in [0.05, 0.1) is 5.75 Å². The van der Waals surface area contributed by atoms with E-state index < -0.39 is 12.3 Å². The molecule has 0 amide bonds.